The highest BCUT2D eigenvalue weighted by atomic mass is 35.5. The van der Waals surface area contributed by atoms with Gasteiger partial charge in [0.2, 0.25) is 5.91 Å². The Morgan fingerprint density at radius 1 is 1.06 bits per heavy atom. The molecule has 166 valence electrons. The monoisotopic (exact) mass is 472 g/mol. The van der Waals surface area contributed by atoms with E-state index in [2.05, 4.69) is 10.6 Å². The summed E-state index contributed by atoms with van der Waals surface area (Å²) in [7, 11) is 0. The van der Waals surface area contributed by atoms with Crippen LogP contribution in [-0.2, 0) is 19.9 Å². The molecule has 0 aromatic heterocycles. The van der Waals surface area contributed by atoms with Gasteiger partial charge in [0.15, 0.2) is 5.54 Å². The normalized spacial score (nSPS) is 28.9. The Morgan fingerprint density at radius 3 is 2.50 bits per heavy atom. The van der Waals surface area contributed by atoms with Crippen molar-refractivity contribution in [3.8, 4) is 0 Å². The first-order valence-electron chi connectivity index (χ1n) is 10.6. The van der Waals surface area contributed by atoms with Crippen LogP contribution in [0.4, 0.5) is 5.69 Å². The van der Waals surface area contributed by atoms with E-state index >= 15 is 0 Å². The summed E-state index contributed by atoms with van der Waals surface area (Å²) in [6, 6.07) is 12.3. The highest BCUT2D eigenvalue weighted by Gasteiger charge is 2.62. The highest BCUT2D eigenvalue weighted by molar-refractivity contribution is 6.31. The topological polar surface area (TPSA) is 95.5 Å². The second-order valence-electron chi connectivity index (χ2n) is 9.22. The number of anilines is 1. The van der Waals surface area contributed by atoms with Crippen LogP contribution >= 0.6 is 23.2 Å². The lowest BCUT2D eigenvalue weighted by atomic mass is 9.60. The Morgan fingerprint density at radius 2 is 1.81 bits per heavy atom. The molecule has 2 heterocycles. The third-order valence-electron chi connectivity index (χ3n) is 7.04. The average Bonchev–Trinajstić information content (AvgIpc) is 3.48. The number of rotatable bonds is 5. The molecule has 6 nitrogen and oxygen atoms in total. The molecule has 32 heavy (non-hydrogen) atoms. The number of fused-ring (bicyclic) bond motifs is 2. The van der Waals surface area contributed by atoms with Gasteiger partial charge in [0, 0.05) is 27.2 Å². The lowest BCUT2D eigenvalue weighted by Crippen LogP contribution is -2.64. The quantitative estimate of drug-likeness (QED) is 0.587. The first kappa shape index (κ1) is 21.3. The lowest BCUT2D eigenvalue weighted by molar-refractivity contribution is -0.152. The van der Waals surface area contributed by atoms with Crippen molar-refractivity contribution in [1.29, 1.82) is 0 Å². The first-order chi connectivity index (χ1) is 15.2. The molecule has 5 rings (SSSR count). The van der Waals surface area contributed by atoms with E-state index < -0.39 is 22.8 Å². The summed E-state index contributed by atoms with van der Waals surface area (Å²) >= 11 is 12.4. The highest BCUT2D eigenvalue weighted by Crippen LogP contribution is 2.57. The molecule has 2 aliphatic heterocycles. The number of hydrogen-bond donors (Lipinski definition) is 3. The predicted molar refractivity (Wildman–Crippen MR) is 121 cm³/mol. The third-order valence-corrected chi connectivity index (χ3v) is 7.51. The summed E-state index contributed by atoms with van der Waals surface area (Å²) in [6.07, 6.45) is 2.43. The van der Waals surface area contributed by atoms with Crippen LogP contribution in [0.1, 0.15) is 49.1 Å². The van der Waals surface area contributed by atoms with Crippen molar-refractivity contribution in [2.24, 2.45) is 11.3 Å². The number of hydrogen-bond acceptors (Lipinski definition) is 3. The van der Waals surface area contributed by atoms with Crippen LogP contribution in [-0.4, -0.2) is 22.9 Å². The predicted octanol–water partition coefficient (Wildman–Crippen LogP) is 4.71. The van der Waals surface area contributed by atoms with Gasteiger partial charge in [-0.15, -0.1) is 0 Å². The Kier molecular flexibility index (Phi) is 4.98. The van der Waals surface area contributed by atoms with Gasteiger partial charge < -0.3 is 15.7 Å². The SMILES string of the molecule is O=C(O)C[C@]1(CC2CC2)C[C@@H](c2cccc(Cl)c2)[C@]2(NC1=O)C(=O)Nc1cc(Cl)ccc12. The number of carbonyl (C=O) groups excluding carboxylic acids is 2. The second kappa shape index (κ2) is 7.49. The van der Waals surface area contributed by atoms with Crippen LogP contribution in [0, 0.1) is 11.3 Å². The van der Waals surface area contributed by atoms with E-state index in [9.17, 15) is 19.5 Å². The van der Waals surface area contributed by atoms with E-state index in [-0.39, 0.29) is 24.7 Å². The summed E-state index contributed by atoms with van der Waals surface area (Å²) in [5.41, 5.74) is -0.516. The Hall–Kier alpha value is -2.57. The summed E-state index contributed by atoms with van der Waals surface area (Å²) in [5, 5.41) is 16.5. The smallest absolute Gasteiger partial charge is 0.304 e. The Balaban J connectivity index is 1.69. The van der Waals surface area contributed by atoms with E-state index in [0.29, 0.717) is 33.6 Å². The summed E-state index contributed by atoms with van der Waals surface area (Å²) < 4.78 is 0. The minimum atomic E-state index is -1.37. The van der Waals surface area contributed by atoms with Crippen LogP contribution in [0.25, 0.3) is 0 Å². The molecule has 2 fully saturated rings. The molecular weight excluding hydrogens is 451 g/mol. The van der Waals surface area contributed by atoms with Crippen LogP contribution < -0.4 is 10.6 Å². The molecule has 1 saturated heterocycles. The van der Waals surface area contributed by atoms with Crippen molar-refractivity contribution < 1.29 is 19.5 Å². The number of carboxylic acid groups (broad SMARTS) is 1. The first-order valence-corrected chi connectivity index (χ1v) is 11.4. The van der Waals surface area contributed by atoms with Gasteiger partial charge in [-0.25, -0.2) is 0 Å². The average molecular weight is 473 g/mol. The molecule has 1 saturated carbocycles. The van der Waals surface area contributed by atoms with Crippen LogP contribution in [0.3, 0.4) is 0 Å². The van der Waals surface area contributed by atoms with Crippen LogP contribution in [0.5, 0.6) is 0 Å². The molecule has 2 aromatic rings. The number of piperidine rings is 1. The molecule has 3 N–H and O–H groups in total. The molecule has 0 radical (unpaired) electrons. The van der Waals surface area contributed by atoms with Gasteiger partial charge in [-0.2, -0.15) is 0 Å². The van der Waals surface area contributed by atoms with Gasteiger partial charge in [0.1, 0.15) is 0 Å². The van der Waals surface area contributed by atoms with Gasteiger partial charge >= 0.3 is 5.97 Å². The van der Waals surface area contributed by atoms with Gasteiger partial charge in [-0.3, -0.25) is 14.4 Å². The maximum absolute atomic E-state index is 13.6. The number of amides is 2. The molecule has 1 aliphatic carbocycles. The molecular formula is C24H22Cl2N2O4. The lowest BCUT2D eigenvalue weighted by Gasteiger charge is -2.49. The summed E-state index contributed by atoms with van der Waals surface area (Å²) in [6.45, 7) is 0. The summed E-state index contributed by atoms with van der Waals surface area (Å²) in [4.78, 5) is 39.0. The van der Waals surface area contributed by atoms with Crippen molar-refractivity contribution in [2.75, 3.05) is 5.32 Å². The molecule has 3 aliphatic rings. The Labute approximate surface area is 195 Å². The van der Waals surface area contributed by atoms with Crippen molar-refractivity contribution in [1.82, 2.24) is 5.32 Å². The number of carbonyl (C=O) groups is 3. The number of halogens is 2. The van der Waals surface area contributed by atoms with Gasteiger partial charge in [0.25, 0.3) is 5.91 Å². The number of aliphatic carboxylic acids is 1. The maximum Gasteiger partial charge on any atom is 0.304 e. The van der Waals surface area contributed by atoms with Crippen LogP contribution in [0.15, 0.2) is 42.5 Å². The minimum Gasteiger partial charge on any atom is -0.481 e. The van der Waals surface area contributed by atoms with Crippen molar-refractivity contribution in [2.45, 2.75) is 43.6 Å². The molecule has 1 spiro atoms. The summed E-state index contributed by atoms with van der Waals surface area (Å²) in [5.74, 6) is -1.94. The van der Waals surface area contributed by atoms with E-state index in [1.54, 1.807) is 36.4 Å². The van der Waals surface area contributed by atoms with E-state index in [0.717, 1.165) is 18.4 Å². The molecule has 8 heteroatoms. The zero-order chi connectivity index (χ0) is 22.7. The standard InChI is InChI=1S/C24H22Cl2N2O4/c25-15-3-1-2-14(8-15)18-11-23(12-20(29)30,10-13-4-5-13)21(31)28-24(18)17-7-6-16(26)9-19(17)27-22(24)32/h1-3,6-9,13,18H,4-5,10-12H2,(H,27,32)(H,28,31)(H,29,30)/t18-,23-,24-/m0/s1. The Bertz CT molecular complexity index is 1150. The van der Waals surface area contributed by atoms with E-state index in [1.807, 2.05) is 6.07 Å². The van der Waals surface area contributed by atoms with Crippen molar-refractivity contribution in [3.05, 3.63) is 63.6 Å². The zero-order valence-corrected chi connectivity index (χ0v) is 18.7. The fraction of sp³-hybridized carbons (Fsp3) is 0.375. The fourth-order valence-electron chi connectivity index (χ4n) is 5.47. The number of nitrogens with one attached hydrogen (secondary N) is 2. The van der Waals surface area contributed by atoms with Gasteiger partial charge in [0.05, 0.1) is 11.8 Å². The minimum absolute atomic E-state index is 0.234. The van der Waals surface area contributed by atoms with Gasteiger partial charge in [-0.1, -0.05) is 54.2 Å². The zero-order valence-electron chi connectivity index (χ0n) is 17.2. The largest absolute Gasteiger partial charge is 0.481 e. The van der Waals surface area contributed by atoms with Crippen molar-refractivity contribution >= 4 is 46.7 Å². The number of benzene rings is 2. The second-order valence-corrected chi connectivity index (χ2v) is 10.1. The molecule has 2 amide bonds. The molecule has 2 aromatic carbocycles. The molecule has 3 atom stereocenters. The van der Waals surface area contributed by atoms with Gasteiger partial charge in [-0.05, 0) is 48.6 Å². The van der Waals surface area contributed by atoms with E-state index in [1.165, 1.54) is 0 Å². The van der Waals surface area contributed by atoms with E-state index in [4.69, 9.17) is 23.2 Å². The molecule has 0 unspecified atom stereocenters. The number of carboxylic acids is 1. The molecule has 0 bridgehead atoms. The van der Waals surface area contributed by atoms with Crippen molar-refractivity contribution in [3.63, 3.8) is 0 Å². The fourth-order valence-corrected chi connectivity index (χ4v) is 5.84. The maximum atomic E-state index is 13.6. The van der Waals surface area contributed by atoms with Crippen LogP contribution in [0.2, 0.25) is 10.0 Å². The third kappa shape index (κ3) is 3.37.